The summed E-state index contributed by atoms with van der Waals surface area (Å²) in [5, 5.41) is 42.8. The average molecular weight is 420 g/mol. The minimum Gasteiger partial charge on any atom is -0.508 e. The molecule has 1 aromatic heterocycles. The van der Waals surface area contributed by atoms with Crippen LogP contribution < -0.4 is 10.2 Å². The molecule has 31 heavy (non-hydrogen) atoms. The van der Waals surface area contributed by atoms with Crippen LogP contribution in [0.4, 0.5) is 11.6 Å². The minimum absolute atomic E-state index is 0.259. The van der Waals surface area contributed by atoms with Gasteiger partial charge in [0.15, 0.2) is 11.6 Å². The maximum absolute atomic E-state index is 9.79. The van der Waals surface area contributed by atoms with Gasteiger partial charge in [-0.2, -0.15) is 5.26 Å². The largest absolute Gasteiger partial charge is 0.508 e. The summed E-state index contributed by atoms with van der Waals surface area (Å²) in [6.07, 6.45) is 1.16. The van der Waals surface area contributed by atoms with Gasteiger partial charge in [-0.05, 0) is 55.2 Å². The van der Waals surface area contributed by atoms with Crippen molar-refractivity contribution in [3.8, 4) is 11.8 Å². The van der Waals surface area contributed by atoms with Crippen LogP contribution >= 0.6 is 0 Å². The molecule has 7 heteroatoms. The lowest BCUT2D eigenvalue weighted by atomic mass is 10.1. The lowest BCUT2D eigenvalue weighted by Gasteiger charge is -2.31. The monoisotopic (exact) mass is 419 g/mol. The maximum atomic E-state index is 9.79. The zero-order valence-electron chi connectivity index (χ0n) is 18.3. The van der Waals surface area contributed by atoms with Crippen molar-refractivity contribution in [2.75, 3.05) is 23.3 Å². The zero-order chi connectivity index (χ0) is 22.4. The molecule has 0 aliphatic carbocycles. The number of piperidine rings is 1. The smallest absolute Gasteiger partial charge is 0.159 e. The van der Waals surface area contributed by atoms with Gasteiger partial charge in [0, 0.05) is 30.4 Å². The van der Waals surface area contributed by atoms with Crippen LogP contribution in [0.15, 0.2) is 36.4 Å². The molecule has 7 nitrogen and oxygen atoms in total. The zero-order valence-corrected chi connectivity index (χ0v) is 18.3. The van der Waals surface area contributed by atoms with Crippen molar-refractivity contribution in [2.45, 2.75) is 46.3 Å². The fourth-order valence-corrected chi connectivity index (χ4v) is 3.66. The highest BCUT2D eigenvalue weighted by atomic mass is 16.3. The molecule has 1 fully saturated rings. The van der Waals surface area contributed by atoms with Crippen LogP contribution in [0.5, 0.6) is 5.75 Å². The van der Waals surface area contributed by atoms with Crippen molar-refractivity contribution < 1.29 is 10.2 Å². The third kappa shape index (κ3) is 5.04. The van der Waals surface area contributed by atoms with Crippen molar-refractivity contribution in [3.63, 3.8) is 0 Å². The summed E-state index contributed by atoms with van der Waals surface area (Å²) in [6.45, 7) is 7.84. The van der Waals surface area contributed by atoms with Crippen molar-refractivity contribution in [2.24, 2.45) is 0 Å². The number of aliphatic hydroxyl groups excluding tert-OH is 1. The summed E-state index contributed by atoms with van der Waals surface area (Å²) in [6, 6.07) is 13.2. The van der Waals surface area contributed by atoms with E-state index in [1.807, 2.05) is 45.0 Å². The number of phenols is 1. The number of phenolic OH excluding ortho intramolecular Hbond substituents is 1. The molecule has 2 aromatic carbocycles. The fraction of sp³-hybridized carbons (Fsp3) is 0.375. The maximum Gasteiger partial charge on any atom is 0.159 e. The van der Waals surface area contributed by atoms with Crippen LogP contribution in [-0.2, 0) is 6.54 Å². The third-order valence-corrected chi connectivity index (χ3v) is 5.37. The van der Waals surface area contributed by atoms with Gasteiger partial charge in [-0.15, -0.1) is 10.2 Å². The van der Waals surface area contributed by atoms with Crippen molar-refractivity contribution in [1.82, 2.24) is 10.2 Å². The number of aryl methyl sites for hydroxylation is 1. The Kier molecular flexibility index (Phi) is 7.27. The molecule has 1 aliphatic heterocycles. The fourth-order valence-electron chi connectivity index (χ4n) is 3.66. The molecule has 0 radical (unpaired) electrons. The normalized spacial score (nSPS) is 14.0. The van der Waals surface area contributed by atoms with Gasteiger partial charge in [-0.3, -0.25) is 0 Å². The van der Waals surface area contributed by atoms with E-state index in [0.29, 0.717) is 30.8 Å². The topological polar surface area (TPSA) is 105 Å². The summed E-state index contributed by atoms with van der Waals surface area (Å²) in [4.78, 5) is 2.14. The van der Waals surface area contributed by atoms with Crippen LogP contribution in [0.1, 0.15) is 43.4 Å². The van der Waals surface area contributed by atoms with E-state index in [1.165, 1.54) is 0 Å². The molecule has 0 atom stereocenters. The second kappa shape index (κ2) is 10.1. The molecule has 0 saturated carbocycles. The molecular weight excluding hydrogens is 390 g/mol. The standard InChI is InChI=1S/C22H23N5O2.C2H6/c1-14-10-16(3-5-20(14)29)13-24-21-19-11-15(12-23)2-4-18(19)22(26-25-21)27-8-6-17(28)7-9-27;1-2/h2-5,10-11,17,28-29H,6-9,13H2,1H3,(H,24,25);1-2H3. The van der Waals surface area contributed by atoms with Gasteiger partial charge in [0.25, 0.3) is 0 Å². The molecule has 0 unspecified atom stereocenters. The van der Waals surface area contributed by atoms with Gasteiger partial charge >= 0.3 is 0 Å². The Hall–Kier alpha value is -3.37. The van der Waals surface area contributed by atoms with Crippen molar-refractivity contribution in [3.05, 3.63) is 53.1 Å². The molecule has 1 saturated heterocycles. The summed E-state index contributed by atoms with van der Waals surface area (Å²) >= 11 is 0. The Morgan fingerprint density at radius 2 is 1.84 bits per heavy atom. The Bertz CT molecular complexity index is 1090. The second-order valence-corrected chi connectivity index (χ2v) is 7.44. The summed E-state index contributed by atoms with van der Waals surface area (Å²) in [7, 11) is 0. The third-order valence-electron chi connectivity index (χ3n) is 5.37. The minimum atomic E-state index is -0.259. The molecule has 4 rings (SSSR count). The number of aromatic nitrogens is 2. The summed E-state index contributed by atoms with van der Waals surface area (Å²) < 4.78 is 0. The average Bonchev–Trinajstić information content (AvgIpc) is 2.81. The first-order valence-electron chi connectivity index (χ1n) is 10.7. The lowest BCUT2D eigenvalue weighted by molar-refractivity contribution is 0.145. The van der Waals surface area contributed by atoms with Crippen molar-refractivity contribution in [1.29, 1.82) is 5.26 Å². The lowest BCUT2D eigenvalue weighted by Crippen LogP contribution is -2.36. The predicted octanol–water partition coefficient (Wildman–Crippen LogP) is 4.11. The number of aromatic hydroxyl groups is 1. The SMILES string of the molecule is CC.Cc1cc(CNc2nnc(N3CCC(O)CC3)c3ccc(C#N)cc23)ccc1O. The first-order valence-corrected chi connectivity index (χ1v) is 10.7. The number of rotatable bonds is 4. The van der Waals surface area contributed by atoms with E-state index in [-0.39, 0.29) is 11.9 Å². The Labute approximate surface area is 183 Å². The Morgan fingerprint density at radius 1 is 1.10 bits per heavy atom. The molecule has 2 heterocycles. The van der Waals surface area contributed by atoms with E-state index in [1.54, 1.807) is 12.1 Å². The number of nitrogens with zero attached hydrogens (tertiary/aromatic N) is 4. The summed E-state index contributed by atoms with van der Waals surface area (Å²) in [5.74, 6) is 1.67. The molecule has 3 aromatic rings. The van der Waals surface area contributed by atoms with E-state index >= 15 is 0 Å². The molecule has 3 N–H and O–H groups in total. The number of fused-ring (bicyclic) bond motifs is 1. The van der Waals surface area contributed by atoms with Gasteiger partial charge in [0.05, 0.1) is 17.7 Å². The van der Waals surface area contributed by atoms with E-state index < -0.39 is 0 Å². The first-order chi connectivity index (χ1) is 15.0. The molecule has 0 spiro atoms. The van der Waals surface area contributed by atoms with Crippen molar-refractivity contribution >= 4 is 22.4 Å². The van der Waals surface area contributed by atoms with Gasteiger partial charge in [-0.1, -0.05) is 26.0 Å². The first kappa shape index (κ1) is 22.3. The summed E-state index contributed by atoms with van der Waals surface area (Å²) in [5.41, 5.74) is 2.39. The number of nitriles is 1. The van der Waals surface area contributed by atoms with Crippen LogP contribution in [-0.4, -0.2) is 39.6 Å². The molecular formula is C24H29N5O2. The number of hydrogen-bond donors (Lipinski definition) is 3. The second-order valence-electron chi connectivity index (χ2n) is 7.44. The Balaban J connectivity index is 0.00000132. The van der Waals surface area contributed by atoms with E-state index in [9.17, 15) is 15.5 Å². The highest BCUT2D eigenvalue weighted by molar-refractivity contribution is 5.99. The van der Waals surface area contributed by atoms with Gasteiger partial charge < -0.3 is 20.4 Å². The quantitative estimate of drug-likeness (QED) is 0.584. The number of hydrogen-bond acceptors (Lipinski definition) is 7. The Morgan fingerprint density at radius 3 is 2.52 bits per heavy atom. The van der Waals surface area contributed by atoms with Crippen LogP contribution in [0, 0.1) is 18.3 Å². The van der Waals surface area contributed by atoms with Gasteiger partial charge in [0.1, 0.15) is 5.75 Å². The van der Waals surface area contributed by atoms with Gasteiger partial charge in [-0.25, -0.2) is 0 Å². The van der Waals surface area contributed by atoms with Gasteiger partial charge in [0.2, 0.25) is 0 Å². The predicted molar refractivity (Wildman–Crippen MR) is 123 cm³/mol. The van der Waals surface area contributed by atoms with Crippen LogP contribution in [0.2, 0.25) is 0 Å². The molecule has 1 aliphatic rings. The highest BCUT2D eigenvalue weighted by Gasteiger charge is 2.21. The number of benzene rings is 2. The highest BCUT2D eigenvalue weighted by Crippen LogP contribution is 2.31. The molecule has 162 valence electrons. The van der Waals surface area contributed by atoms with Crippen LogP contribution in [0.3, 0.4) is 0 Å². The van der Waals surface area contributed by atoms with E-state index in [4.69, 9.17) is 0 Å². The number of anilines is 2. The molecule has 0 amide bonds. The van der Waals surface area contributed by atoms with E-state index in [0.717, 1.165) is 40.8 Å². The number of aliphatic hydroxyl groups is 1. The number of nitrogens with one attached hydrogen (secondary N) is 1. The molecule has 0 bridgehead atoms. The van der Waals surface area contributed by atoms with Crippen LogP contribution in [0.25, 0.3) is 10.8 Å². The van der Waals surface area contributed by atoms with E-state index in [2.05, 4.69) is 26.5 Å².